The van der Waals surface area contributed by atoms with Crippen LogP contribution in [0.2, 0.25) is 0 Å². The van der Waals surface area contributed by atoms with Crippen LogP contribution in [-0.4, -0.2) is 25.5 Å². The van der Waals surface area contributed by atoms with Crippen molar-refractivity contribution < 1.29 is 13.2 Å². The van der Waals surface area contributed by atoms with Crippen LogP contribution in [0.4, 0.5) is 0 Å². The SMILES string of the molecule is C[C@H](N)c1ccc(OCCS(=O)(=O)C(C)(C)C)cc1. The van der Waals surface area contributed by atoms with Crippen LogP contribution in [0.25, 0.3) is 0 Å². The minimum Gasteiger partial charge on any atom is -0.493 e. The first-order valence-corrected chi connectivity index (χ1v) is 7.99. The maximum Gasteiger partial charge on any atom is 0.158 e. The second-order valence-electron chi connectivity index (χ2n) is 5.64. The molecule has 0 saturated heterocycles. The Morgan fingerprint density at radius 1 is 1.21 bits per heavy atom. The van der Waals surface area contributed by atoms with Gasteiger partial charge in [-0.25, -0.2) is 8.42 Å². The minimum atomic E-state index is -3.13. The third-order valence-electron chi connectivity index (χ3n) is 2.96. The van der Waals surface area contributed by atoms with E-state index in [2.05, 4.69) is 0 Å². The zero-order valence-corrected chi connectivity index (χ0v) is 12.8. The normalized spacial score (nSPS) is 14.2. The monoisotopic (exact) mass is 285 g/mol. The quantitative estimate of drug-likeness (QED) is 0.901. The van der Waals surface area contributed by atoms with Gasteiger partial charge in [-0.05, 0) is 45.4 Å². The van der Waals surface area contributed by atoms with Crippen molar-refractivity contribution in [2.75, 3.05) is 12.4 Å². The second-order valence-corrected chi connectivity index (χ2v) is 8.50. The topological polar surface area (TPSA) is 69.4 Å². The van der Waals surface area contributed by atoms with E-state index < -0.39 is 14.6 Å². The highest BCUT2D eigenvalue weighted by atomic mass is 32.2. The molecule has 1 rings (SSSR count). The van der Waals surface area contributed by atoms with E-state index in [0.717, 1.165) is 5.56 Å². The van der Waals surface area contributed by atoms with Crippen LogP contribution in [-0.2, 0) is 9.84 Å². The summed E-state index contributed by atoms with van der Waals surface area (Å²) in [5, 5.41) is 0. The van der Waals surface area contributed by atoms with E-state index in [9.17, 15) is 8.42 Å². The van der Waals surface area contributed by atoms with Gasteiger partial charge in [0.25, 0.3) is 0 Å². The number of benzene rings is 1. The molecule has 0 spiro atoms. The Balaban J connectivity index is 2.55. The number of rotatable bonds is 5. The third kappa shape index (κ3) is 4.51. The largest absolute Gasteiger partial charge is 0.493 e. The first-order valence-electron chi connectivity index (χ1n) is 6.34. The van der Waals surface area contributed by atoms with Gasteiger partial charge in [0.15, 0.2) is 9.84 Å². The minimum absolute atomic E-state index is 0.0182. The summed E-state index contributed by atoms with van der Waals surface area (Å²) in [6.45, 7) is 7.15. The fourth-order valence-corrected chi connectivity index (χ4v) is 2.36. The summed E-state index contributed by atoms with van der Waals surface area (Å²) >= 11 is 0. The van der Waals surface area contributed by atoms with E-state index >= 15 is 0 Å². The van der Waals surface area contributed by atoms with E-state index in [-0.39, 0.29) is 18.4 Å². The van der Waals surface area contributed by atoms with Gasteiger partial charge in [-0.15, -0.1) is 0 Å². The van der Waals surface area contributed by atoms with Gasteiger partial charge in [0.05, 0.1) is 10.5 Å². The highest BCUT2D eigenvalue weighted by Gasteiger charge is 2.28. The van der Waals surface area contributed by atoms with Crippen molar-refractivity contribution in [3.63, 3.8) is 0 Å². The van der Waals surface area contributed by atoms with Gasteiger partial charge in [-0.2, -0.15) is 0 Å². The molecule has 1 aromatic carbocycles. The van der Waals surface area contributed by atoms with Gasteiger partial charge >= 0.3 is 0 Å². The van der Waals surface area contributed by atoms with Crippen molar-refractivity contribution >= 4 is 9.84 Å². The number of nitrogens with two attached hydrogens (primary N) is 1. The fourth-order valence-electron chi connectivity index (χ4n) is 1.44. The molecule has 0 amide bonds. The molecule has 1 atom stereocenters. The maximum atomic E-state index is 11.9. The lowest BCUT2D eigenvalue weighted by Crippen LogP contribution is -2.32. The highest BCUT2D eigenvalue weighted by Crippen LogP contribution is 2.18. The van der Waals surface area contributed by atoms with Crippen LogP contribution in [0, 0.1) is 0 Å². The second kappa shape index (κ2) is 5.92. The maximum absolute atomic E-state index is 11.9. The lowest BCUT2D eigenvalue weighted by atomic mass is 10.1. The third-order valence-corrected chi connectivity index (χ3v) is 5.53. The zero-order chi connectivity index (χ0) is 14.7. The molecule has 108 valence electrons. The lowest BCUT2D eigenvalue weighted by Gasteiger charge is -2.19. The van der Waals surface area contributed by atoms with Crippen molar-refractivity contribution in [1.29, 1.82) is 0 Å². The van der Waals surface area contributed by atoms with Crippen LogP contribution in [0.1, 0.15) is 39.3 Å². The zero-order valence-electron chi connectivity index (χ0n) is 12.0. The summed E-state index contributed by atoms with van der Waals surface area (Å²) in [4.78, 5) is 0. The van der Waals surface area contributed by atoms with Crippen LogP contribution < -0.4 is 10.5 Å². The van der Waals surface area contributed by atoms with Crippen LogP contribution >= 0.6 is 0 Å². The number of ether oxygens (including phenoxy) is 1. The van der Waals surface area contributed by atoms with Gasteiger partial charge in [0.1, 0.15) is 12.4 Å². The molecule has 0 aliphatic rings. The molecule has 0 unspecified atom stereocenters. The standard InChI is InChI=1S/C14H23NO3S/c1-11(15)12-5-7-13(8-6-12)18-9-10-19(16,17)14(2,3)4/h5-8,11H,9-10,15H2,1-4H3/t11-/m0/s1. The molecule has 0 aliphatic heterocycles. The molecule has 0 aliphatic carbocycles. The van der Waals surface area contributed by atoms with Gasteiger partial charge in [-0.3, -0.25) is 0 Å². The van der Waals surface area contributed by atoms with Crippen LogP contribution in [0.15, 0.2) is 24.3 Å². The average molecular weight is 285 g/mol. The van der Waals surface area contributed by atoms with Crippen molar-refractivity contribution in [2.45, 2.75) is 38.5 Å². The van der Waals surface area contributed by atoms with Crippen molar-refractivity contribution in [3.05, 3.63) is 29.8 Å². The summed E-state index contributed by atoms with van der Waals surface area (Å²) < 4.78 is 28.5. The molecule has 0 radical (unpaired) electrons. The predicted molar refractivity (Wildman–Crippen MR) is 78.1 cm³/mol. The predicted octanol–water partition coefficient (Wildman–Crippen LogP) is 2.30. The summed E-state index contributed by atoms with van der Waals surface area (Å²) in [6, 6.07) is 7.37. The average Bonchev–Trinajstić information content (AvgIpc) is 2.28. The smallest absolute Gasteiger partial charge is 0.158 e. The van der Waals surface area contributed by atoms with Gasteiger partial charge < -0.3 is 10.5 Å². The summed E-state index contributed by atoms with van der Waals surface area (Å²) in [6.07, 6.45) is 0. The van der Waals surface area contributed by atoms with E-state index in [1.165, 1.54) is 0 Å². The molecule has 0 heterocycles. The summed E-state index contributed by atoms with van der Waals surface area (Å²) in [7, 11) is -3.13. The Labute approximate surface area is 115 Å². The molecule has 0 saturated carbocycles. The molecule has 5 heteroatoms. The highest BCUT2D eigenvalue weighted by molar-refractivity contribution is 7.92. The molecule has 1 aromatic rings. The Morgan fingerprint density at radius 3 is 2.16 bits per heavy atom. The molecule has 4 nitrogen and oxygen atoms in total. The number of hydrogen-bond donors (Lipinski definition) is 1. The summed E-state index contributed by atoms with van der Waals surface area (Å²) in [5.74, 6) is 0.680. The molecule has 0 bridgehead atoms. The van der Waals surface area contributed by atoms with Crippen LogP contribution in [0.5, 0.6) is 5.75 Å². The van der Waals surface area contributed by atoms with Crippen molar-refractivity contribution in [2.24, 2.45) is 5.73 Å². The van der Waals surface area contributed by atoms with E-state index in [0.29, 0.717) is 5.75 Å². The van der Waals surface area contributed by atoms with Gasteiger partial charge in [0.2, 0.25) is 0 Å². The molecule has 0 aromatic heterocycles. The van der Waals surface area contributed by atoms with Crippen molar-refractivity contribution in [3.8, 4) is 5.75 Å². The molecule has 0 fully saturated rings. The fraction of sp³-hybridized carbons (Fsp3) is 0.571. The van der Waals surface area contributed by atoms with E-state index in [1.807, 2.05) is 31.2 Å². The van der Waals surface area contributed by atoms with Crippen molar-refractivity contribution in [1.82, 2.24) is 0 Å². The van der Waals surface area contributed by atoms with E-state index in [4.69, 9.17) is 10.5 Å². The van der Waals surface area contributed by atoms with Gasteiger partial charge in [-0.1, -0.05) is 12.1 Å². The summed E-state index contributed by atoms with van der Waals surface area (Å²) in [5.41, 5.74) is 6.77. The molecular formula is C14H23NO3S. The van der Waals surface area contributed by atoms with Crippen LogP contribution in [0.3, 0.4) is 0 Å². The number of hydrogen-bond acceptors (Lipinski definition) is 4. The number of sulfone groups is 1. The van der Waals surface area contributed by atoms with E-state index in [1.54, 1.807) is 20.8 Å². The Bertz CT molecular complexity index is 498. The van der Waals surface area contributed by atoms with Gasteiger partial charge in [0, 0.05) is 6.04 Å². The molecule has 19 heavy (non-hydrogen) atoms. The first-order chi connectivity index (χ1) is 8.63. The Kier molecular flexibility index (Phi) is 4.98. The first kappa shape index (κ1) is 16.0. The Morgan fingerprint density at radius 2 is 1.74 bits per heavy atom. The Hall–Kier alpha value is -1.07. The molecular weight excluding hydrogens is 262 g/mol. The molecule has 2 N–H and O–H groups in total. The lowest BCUT2D eigenvalue weighted by molar-refractivity contribution is 0.339.